The molecule has 1 rings (SSSR count). The van der Waals surface area contributed by atoms with Gasteiger partial charge in [-0.2, -0.15) is 0 Å². The molecule has 14 heavy (non-hydrogen) atoms. The van der Waals surface area contributed by atoms with Gasteiger partial charge >= 0.3 is 41.9 Å². The van der Waals surface area contributed by atoms with E-state index in [1.165, 1.54) is 0 Å². The maximum Gasteiger partial charge on any atom is 2.00 e. The first-order chi connectivity index (χ1) is 5.61. The van der Waals surface area contributed by atoms with Gasteiger partial charge in [-0.15, -0.1) is 0 Å². The fourth-order valence-corrected chi connectivity index (χ4v) is 0.742. The molecule has 0 amide bonds. The van der Waals surface area contributed by atoms with Crippen molar-refractivity contribution in [2.75, 3.05) is 0 Å². The van der Waals surface area contributed by atoms with Gasteiger partial charge in [0.2, 0.25) is 0 Å². The molecule has 0 aromatic heterocycles. The number of hydrogen-bond donors (Lipinski definition) is 0. The Labute approximate surface area is 109 Å². The Morgan fingerprint density at radius 2 is 1.07 bits per heavy atom. The van der Waals surface area contributed by atoms with Gasteiger partial charge in [0.15, 0.2) is 0 Å². The van der Waals surface area contributed by atoms with Gasteiger partial charge in [-0.3, -0.25) is 0 Å². The Bertz CT molecular complexity index is 290. The van der Waals surface area contributed by atoms with Gasteiger partial charge in [0, 0.05) is 0 Å². The summed E-state index contributed by atoms with van der Waals surface area (Å²) in [6.45, 7) is 0. The molecular weight excluding hydrogens is 333 g/mol. The summed E-state index contributed by atoms with van der Waals surface area (Å²) in [4.78, 5) is 20.4. The summed E-state index contributed by atoms with van der Waals surface area (Å²) < 4.78 is 0. The molecule has 4 nitrogen and oxygen atoms in total. The molecule has 1 aromatic carbocycles. The van der Waals surface area contributed by atoms with Crippen molar-refractivity contribution in [2.24, 2.45) is 0 Å². The Morgan fingerprint density at radius 1 is 0.857 bits per heavy atom. The number of carboxylic acids is 2. The Hall–Kier alpha value is -0.476. The van der Waals surface area contributed by atoms with Gasteiger partial charge in [0.1, 0.15) is 0 Å². The molecular formula is C8H4AgO4Zn+. The maximum absolute atomic E-state index is 10.2. The van der Waals surface area contributed by atoms with Crippen LogP contribution in [-0.4, -0.2) is 11.9 Å². The third-order valence-corrected chi connectivity index (χ3v) is 1.36. The van der Waals surface area contributed by atoms with Crippen LogP contribution in [-0.2, 0) is 41.9 Å². The summed E-state index contributed by atoms with van der Waals surface area (Å²) in [5, 5.41) is 20.4. The zero-order valence-corrected chi connectivity index (χ0v) is 11.4. The molecule has 72 valence electrons. The Kier molecular flexibility index (Phi) is 7.87. The van der Waals surface area contributed by atoms with Crippen LogP contribution in [0.25, 0.3) is 0 Å². The Balaban J connectivity index is 0. The molecule has 1 aromatic rings. The predicted octanol–water partition coefficient (Wildman–Crippen LogP) is -1.59. The molecule has 0 aliphatic rings. The van der Waals surface area contributed by atoms with Gasteiger partial charge < -0.3 is 19.8 Å². The van der Waals surface area contributed by atoms with Gasteiger partial charge in [-0.25, -0.2) is 0 Å². The van der Waals surface area contributed by atoms with E-state index in [-0.39, 0.29) is 53.0 Å². The van der Waals surface area contributed by atoms with Crippen LogP contribution in [0.2, 0.25) is 0 Å². The molecule has 0 aliphatic carbocycles. The summed E-state index contributed by atoms with van der Waals surface area (Å²) in [5.74, 6) is -2.67. The first-order valence-electron chi connectivity index (χ1n) is 3.14. The summed E-state index contributed by atoms with van der Waals surface area (Å²) >= 11 is 0. The topological polar surface area (TPSA) is 80.3 Å². The Morgan fingerprint density at radius 3 is 1.21 bits per heavy atom. The zero-order valence-electron chi connectivity index (χ0n) is 6.95. The van der Waals surface area contributed by atoms with Crippen molar-refractivity contribution in [3.63, 3.8) is 0 Å². The van der Waals surface area contributed by atoms with Crippen molar-refractivity contribution in [2.45, 2.75) is 0 Å². The number of aromatic carboxylic acids is 2. The fourth-order valence-electron chi connectivity index (χ4n) is 0.742. The van der Waals surface area contributed by atoms with Gasteiger partial charge in [0.25, 0.3) is 0 Å². The first-order valence-corrected chi connectivity index (χ1v) is 3.14. The average molecular weight is 337 g/mol. The van der Waals surface area contributed by atoms with Crippen LogP contribution < -0.4 is 10.2 Å². The van der Waals surface area contributed by atoms with Crippen molar-refractivity contribution in [1.82, 2.24) is 0 Å². The molecule has 0 radical (unpaired) electrons. The van der Waals surface area contributed by atoms with Crippen LogP contribution in [0, 0.1) is 0 Å². The molecule has 0 aliphatic heterocycles. The van der Waals surface area contributed by atoms with Gasteiger partial charge in [-0.05, 0) is 11.1 Å². The minimum absolute atomic E-state index is 0. The summed E-state index contributed by atoms with van der Waals surface area (Å²) in [7, 11) is 0. The van der Waals surface area contributed by atoms with Crippen molar-refractivity contribution in [1.29, 1.82) is 0 Å². The molecule has 0 heterocycles. The van der Waals surface area contributed by atoms with E-state index in [2.05, 4.69) is 0 Å². The quantitative estimate of drug-likeness (QED) is 0.610. The summed E-state index contributed by atoms with van der Waals surface area (Å²) in [5.41, 5.74) is -0.111. The van der Waals surface area contributed by atoms with Gasteiger partial charge in [-0.1, -0.05) is 24.3 Å². The van der Waals surface area contributed by atoms with E-state index in [1.54, 1.807) is 0 Å². The SMILES string of the molecule is O=C([O-])c1ccc(C(=O)[O-])cc1.[Ag+].[Zn+2]. The zero-order chi connectivity index (χ0) is 9.14. The van der Waals surface area contributed by atoms with E-state index >= 15 is 0 Å². The number of carbonyl (C=O) groups is 2. The molecule has 0 saturated carbocycles. The van der Waals surface area contributed by atoms with Crippen molar-refractivity contribution in [3.8, 4) is 0 Å². The van der Waals surface area contributed by atoms with Crippen LogP contribution in [0.3, 0.4) is 0 Å². The van der Waals surface area contributed by atoms with Crippen LogP contribution in [0.4, 0.5) is 0 Å². The molecule has 0 unspecified atom stereocenters. The molecule has 0 spiro atoms. The number of benzene rings is 1. The fraction of sp³-hybridized carbons (Fsp3) is 0. The average Bonchev–Trinajstić information content (AvgIpc) is 2.04. The second-order valence-corrected chi connectivity index (χ2v) is 2.15. The smallest absolute Gasteiger partial charge is 0.545 e. The number of carboxylic acid groups (broad SMARTS) is 2. The minimum Gasteiger partial charge on any atom is -0.545 e. The molecule has 0 fully saturated rings. The maximum atomic E-state index is 10.2. The van der Waals surface area contributed by atoms with E-state index in [9.17, 15) is 19.8 Å². The van der Waals surface area contributed by atoms with Crippen LogP contribution in [0.15, 0.2) is 24.3 Å². The van der Waals surface area contributed by atoms with Crippen molar-refractivity contribution in [3.05, 3.63) is 35.4 Å². The van der Waals surface area contributed by atoms with Crippen molar-refractivity contribution >= 4 is 11.9 Å². The van der Waals surface area contributed by atoms with E-state index < -0.39 is 11.9 Å². The summed E-state index contributed by atoms with van der Waals surface area (Å²) in [6.07, 6.45) is 0. The third kappa shape index (κ3) is 4.16. The number of carbonyl (C=O) groups excluding carboxylic acids is 2. The minimum atomic E-state index is -1.33. The van der Waals surface area contributed by atoms with E-state index in [1.807, 2.05) is 0 Å². The number of hydrogen-bond acceptors (Lipinski definition) is 4. The normalized spacial score (nSPS) is 8.00. The third-order valence-electron chi connectivity index (χ3n) is 1.36. The second kappa shape index (κ2) is 6.90. The molecule has 6 heteroatoms. The van der Waals surface area contributed by atoms with Crippen LogP contribution in [0.5, 0.6) is 0 Å². The molecule has 0 N–H and O–H groups in total. The van der Waals surface area contributed by atoms with Crippen LogP contribution in [0.1, 0.15) is 20.7 Å². The molecule has 0 atom stereocenters. The largest absolute Gasteiger partial charge is 2.00 e. The standard InChI is InChI=1S/C8H6O4.Ag.Zn/c9-7(10)5-1-2-6(4-3-5)8(11)12;;/h1-4H,(H,9,10)(H,11,12);;/q;+1;+2/p-2. The first kappa shape index (κ1) is 16.0. The summed E-state index contributed by atoms with van der Waals surface area (Å²) in [6, 6.07) is 4.61. The second-order valence-electron chi connectivity index (χ2n) is 2.15. The van der Waals surface area contributed by atoms with Crippen LogP contribution >= 0.6 is 0 Å². The molecule has 0 bridgehead atoms. The van der Waals surface area contributed by atoms with E-state index in [0.717, 1.165) is 24.3 Å². The molecule has 0 saturated heterocycles. The van der Waals surface area contributed by atoms with E-state index in [0.29, 0.717) is 0 Å². The predicted molar refractivity (Wildman–Crippen MR) is 35.1 cm³/mol. The number of rotatable bonds is 2. The van der Waals surface area contributed by atoms with E-state index in [4.69, 9.17) is 0 Å². The van der Waals surface area contributed by atoms with Crippen molar-refractivity contribution < 1.29 is 61.7 Å². The van der Waals surface area contributed by atoms with Gasteiger partial charge in [0.05, 0.1) is 11.9 Å². The monoisotopic (exact) mass is 335 g/mol.